The Labute approximate surface area is 165 Å². The maximum atomic E-state index is 13.2. The third-order valence-electron chi connectivity index (χ3n) is 4.85. The zero-order valence-electron chi connectivity index (χ0n) is 16.6. The fraction of sp³-hybridized carbons (Fsp3) is 0.409. The Kier molecular flexibility index (Phi) is 5.70. The van der Waals surface area contributed by atoms with Crippen LogP contribution in [0.15, 0.2) is 42.5 Å². The lowest BCUT2D eigenvalue weighted by Crippen LogP contribution is -2.30. The molecule has 5 heteroatoms. The maximum Gasteiger partial charge on any atom is 0.255 e. The summed E-state index contributed by atoms with van der Waals surface area (Å²) in [6.45, 7) is 7.24. The molecule has 0 aliphatic carbocycles. The van der Waals surface area contributed by atoms with Crippen molar-refractivity contribution >= 4 is 17.7 Å². The summed E-state index contributed by atoms with van der Waals surface area (Å²) in [4.78, 5) is 15.1. The first-order valence-corrected chi connectivity index (χ1v) is 10.1. The molecule has 27 heavy (non-hydrogen) atoms. The van der Waals surface area contributed by atoms with Crippen molar-refractivity contribution in [2.45, 2.75) is 31.6 Å². The van der Waals surface area contributed by atoms with Crippen molar-refractivity contribution in [2.24, 2.45) is 0 Å². The molecular formula is C22H27NO3S. The van der Waals surface area contributed by atoms with Crippen LogP contribution in [0.5, 0.6) is 11.5 Å². The number of benzene rings is 2. The van der Waals surface area contributed by atoms with Crippen molar-refractivity contribution < 1.29 is 14.3 Å². The van der Waals surface area contributed by atoms with Gasteiger partial charge in [-0.2, -0.15) is 0 Å². The first-order valence-electron chi connectivity index (χ1n) is 9.10. The summed E-state index contributed by atoms with van der Waals surface area (Å²) in [6, 6.07) is 13.7. The zero-order chi connectivity index (χ0) is 19.6. The van der Waals surface area contributed by atoms with Crippen molar-refractivity contribution in [2.75, 3.05) is 26.5 Å². The minimum Gasteiger partial charge on any atom is -0.497 e. The van der Waals surface area contributed by atoms with Gasteiger partial charge in [0.2, 0.25) is 0 Å². The summed E-state index contributed by atoms with van der Waals surface area (Å²) in [5.74, 6) is 2.49. The summed E-state index contributed by atoms with van der Waals surface area (Å²) < 4.78 is 10.9. The van der Waals surface area contributed by atoms with Crippen LogP contribution >= 0.6 is 11.8 Å². The first-order chi connectivity index (χ1) is 12.8. The second-order valence-electron chi connectivity index (χ2n) is 7.66. The molecule has 0 N–H and O–H groups in total. The van der Waals surface area contributed by atoms with Gasteiger partial charge < -0.3 is 14.4 Å². The summed E-state index contributed by atoms with van der Waals surface area (Å²) in [5.41, 5.74) is 2.99. The molecule has 1 atom stereocenters. The van der Waals surface area contributed by atoms with Crippen LogP contribution in [0.1, 0.15) is 47.6 Å². The van der Waals surface area contributed by atoms with E-state index in [0.717, 1.165) is 34.9 Å². The van der Waals surface area contributed by atoms with Crippen LogP contribution in [-0.4, -0.2) is 37.3 Å². The Balaban J connectivity index is 1.89. The van der Waals surface area contributed by atoms with Gasteiger partial charge in [-0.3, -0.25) is 4.79 Å². The Hall–Kier alpha value is -2.14. The lowest BCUT2D eigenvalue weighted by molar-refractivity contribution is 0.0759. The van der Waals surface area contributed by atoms with Gasteiger partial charge in [0, 0.05) is 23.4 Å². The normalized spacial score (nSPS) is 17.1. The van der Waals surface area contributed by atoms with Gasteiger partial charge in [0.15, 0.2) is 0 Å². The molecule has 2 aromatic rings. The van der Waals surface area contributed by atoms with Crippen molar-refractivity contribution in [1.29, 1.82) is 0 Å². The lowest BCUT2D eigenvalue weighted by Gasteiger charge is -2.26. The van der Waals surface area contributed by atoms with E-state index in [1.54, 1.807) is 26.0 Å². The Morgan fingerprint density at radius 1 is 1.07 bits per heavy atom. The predicted molar refractivity (Wildman–Crippen MR) is 111 cm³/mol. The molecule has 1 unspecified atom stereocenters. The molecule has 1 saturated heterocycles. The molecule has 4 nitrogen and oxygen atoms in total. The van der Waals surface area contributed by atoms with Crippen molar-refractivity contribution in [1.82, 2.24) is 4.90 Å². The van der Waals surface area contributed by atoms with Gasteiger partial charge in [-0.25, -0.2) is 0 Å². The van der Waals surface area contributed by atoms with Crippen LogP contribution in [0.25, 0.3) is 0 Å². The number of amides is 1. The molecule has 1 fully saturated rings. The van der Waals surface area contributed by atoms with Gasteiger partial charge in [0.1, 0.15) is 16.9 Å². The summed E-state index contributed by atoms with van der Waals surface area (Å²) in [5, 5.41) is -0.0788. The zero-order valence-corrected chi connectivity index (χ0v) is 17.4. The molecule has 0 radical (unpaired) electrons. The predicted octanol–water partition coefficient (Wildman–Crippen LogP) is 4.89. The van der Waals surface area contributed by atoms with Crippen molar-refractivity contribution in [3.63, 3.8) is 0 Å². The van der Waals surface area contributed by atoms with E-state index in [1.165, 1.54) is 5.56 Å². The Morgan fingerprint density at radius 2 is 1.78 bits per heavy atom. The molecule has 0 saturated carbocycles. The van der Waals surface area contributed by atoms with Gasteiger partial charge in [-0.1, -0.05) is 32.9 Å². The quantitative estimate of drug-likeness (QED) is 0.751. The molecule has 0 aromatic heterocycles. The van der Waals surface area contributed by atoms with Crippen molar-refractivity contribution in [3.8, 4) is 11.5 Å². The van der Waals surface area contributed by atoms with Gasteiger partial charge in [0.05, 0.1) is 14.2 Å². The van der Waals surface area contributed by atoms with Gasteiger partial charge in [-0.05, 0) is 41.3 Å². The number of thioether (sulfide) groups is 1. The standard InChI is InChI=1S/C22H27NO3S/c1-22(2,3)16-8-6-15(7-9-16)20(24)23-12-13-27-21(23)18-14-17(25-4)10-11-19(18)26-5/h6-11,14,21H,12-13H2,1-5H3. The molecule has 2 aromatic carbocycles. The number of hydrogen-bond acceptors (Lipinski definition) is 4. The molecule has 0 spiro atoms. The second-order valence-corrected chi connectivity index (χ2v) is 8.85. The van der Waals surface area contributed by atoms with Gasteiger partial charge in [-0.15, -0.1) is 11.8 Å². The van der Waals surface area contributed by atoms with E-state index in [1.807, 2.05) is 35.2 Å². The van der Waals surface area contributed by atoms with Crippen LogP contribution in [0, 0.1) is 0 Å². The van der Waals surface area contributed by atoms with Crippen LogP contribution in [-0.2, 0) is 5.41 Å². The van der Waals surface area contributed by atoms with E-state index < -0.39 is 0 Å². The highest BCUT2D eigenvalue weighted by Gasteiger charge is 2.33. The highest BCUT2D eigenvalue weighted by Crippen LogP contribution is 2.43. The van der Waals surface area contributed by atoms with Crippen molar-refractivity contribution in [3.05, 3.63) is 59.2 Å². The average molecular weight is 386 g/mol. The Bertz CT molecular complexity index is 811. The van der Waals surface area contributed by atoms with Gasteiger partial charge >= 0.3 is 0 Å². The maximum absolute atomic E-state index is 13.2. The van der Waals surface area contributed by atoms with E-state index in [2.05, 4.69) is 32.9 Å². The van der Waals surface area contributed by atoms with E-state index in [9.17, 15) is 4.79 Å². The molecule has 3 rings (SSSR count). The first kappa shape index (κ1) is 19.6. The van der Waals surface area contributed by atoms with E-state index in [4.69, 9.17) is 9.47 Å². The third kappa shape index (κ3) is 4.08. The Morgan fingerprint density at radius 3 is 2.37 bits per heavy atom. The second kappa shape index (κ2) is 7.85. The highest BCUT2D eigenvalue weighted by molar-refractivity contribution is 7.99. The molecule has 0 bridgehead atoms. The molecule has 1 heterocycles. The summed E-state index contributed by atoms with van der Waals surface area (Å²) in [6.07, 6.45) is 0. The number of rotatable bonds is 4. The smallest absolute Gasteiger partial charge is 0.255 e. The minimum absolute atomic E-state index is 0.0512. The number of methoxy groups -OCH3 is 2. The average Bonchev–Trinajstić information content (AvgIpc) is 3.15. The molecule has 144 valence electrons. The molecule has 1 aliphatic rings. The van der Waals surface area contributed by atoms with E-state index >= 15 is 0 Å². The van der Waals surface area contributed by atoms with E-state index in [-0.39, 0.29) is 16.7 Å². The monoisotopic (exact) mass is 385 g/mol. The number of hydrogen-bond donors (Lipinski definition) is 0. The third-order valence-corrected chi connectivity index (χ3v) is 6.10. The van der Waals surface area contributed by atoms with Crippen LogP contribution in [0.2, 0.25) is 0 Å². The molecule has 1 aliphatic heterocycles. The number of carbonyl (C=O) groups is 1. The minimum atomic E-state index is -0.0788. The number of nitrogens with zero attached hydrogens (tertiary/aromatic N) is 1. The SMILES string of the molecule is COc1ccc(OC)c(C2SCCN2C(=O)c2ccc(C(C)(C)C)cc2)c1. The fourth-order valence-electron chi connectivity index (χ4n) is 3.25. The van der Waals surface area contributed by atoms with Gasteiger partial charge in [0.25, 0.3) is 5.91 Å². The number of carbonyl (C=O) groups excluding carboxylic acids is 1. The molecule has 1 amide bonds. The lowest BCUT2D eigenvalue weighted by atomic mass is 9.86. The largest absolute Gasteiger partial charge is 0.497 e. The molecular weight excluding hydrogens is 358 g/mol. The van der Waals surface area contributed by atoms with E-state index in [0.29, 0.717) is 0 Å². The highest BCUT2D eigenvalue weighted by atomic mass is 32.2. The van der Waals surface area contributed by atoms with Crippen LogP contribution in [0.4, 0.5) is 0 Å². The number of ether oxygens (including phenoxy) is 2. The van der Waals surface area contributed by atoms with Crippen LogP contribution < -0.4 is 9.47 Å². The summed E-state index contributed by atoms with van der Waals surface area (Å²) in [7, 11) is 3.30. The topological polar surface area (TPSA) is 38.8 Å². The fourth-order valence-corrected chi connectivity index (χ4v) is 4.52. The van der Waals surface area contributed by atoms with Crippen LogP contribution in [0.3, 0.4) is 0 Å². The summed E-state index contributed by atoms with van der Waals surface area (Å²) >= 11 is 1.75.